The summed E-state index contributed by atoms with van der Waals surface area (Å²) in [5.41, 5.74) is 0. The topological polar surface area (TPSA) is 101 Å². The van der Waals surface area contributed by atoms with E-state index in [2.05, 4.69) is 0 Å². The molecule has 0 aromatic heterocycles. The van der Waals surface area contributed by atoms with Crippen LogP contribution in [0.5, 0.6) is 0 Å². The van der Waals surface area contributed by atoms with Crippen LogP contribution < -0.4 is 0 Å². The molecule has 0 aliphatic rings. The molecule has 0 fully saturated rings. The van der Waals surface area contributed by atoms with Gasteiger partial charge in [0.2, 0.25) is 0 Å². The molecule has 0 aromatic rings. The highest BCUT2D eigenvalue weighted by Crippen LogP contribution is 2.09. The number of hydrogen-bond acceptors (Lipinski definition) is 5. The average molecular weight is 165 g/mol. The van der Waals surface area contributed by atoms with Gasteiger partial charge in [-0.15, -0.1) is 0 Å². The predicted octanol–water partition coefficient (Wildman–Crippen LogP) is -2.01. The zero-order valence-corrected chi connectivity index (χ0v) is 6.01. The summed E-state index contributed by atoms with van der Waals surface area (Å²) in [5, 5.41) is 43.0. The second-order valence-corrected chi connectivity index (χ2v) is 2.23. The fourth-order valence-electron chi connectivity index (χ4n) is 0.547. The molecule has 0 spiro atoms. The fourth-order valence-corrected chi connectivity index (χ4v) is 0.547. The van der Waals surface area contributed by atoms with Gasteiger partial charge in [-0.25, -0.2) is 0 Å². The summed E-state index contributed by atoms with van der Waals surface area (Å²) in [4.78, 5) is 0. The maximum Gasteiger partial charge on any atom is 0.127 e. The molecular weight excluding hydrogens is 152 g/mol. The Hall–Kier alpha value is -0.200. The van der Waals surface area contributed by atoms with Gasteiger partial charge in [0.25, 0.3) is 0 Å². The van der Waals surface area contributed by atoms with Crippen molar-refractivity contribution in [2.45, 2.75) is 18.6 Å². The lowest BCUT2D eigenvalue weighted by Gasteiger charge is -2.16. The van der Waals surface area contributed by atoms with E-state index in [4.69, 9.17) is 25.5 Å². The third-order valence-electron chi connectivity index (χ3n) is 1.21. The molecule has 0 aliphatic carbocycles. The Morgan fingerprint density at radius 2 is 1.64 bits per heavy atom. The van der Waals surface area contributed by atoms with Gasteiger partial charge < -0.3 is 25.5 Å². The van der Waals surface area contributed by atoms with Crippen molar-refractivity contribution in [2.75, 3.05) is 13.2 Å². The molecule has 2 unspecified atom stereocenters. The van der Waals surface area contributed by atoms with E-state index >= 15 is 0 Å². The summed E-state index contributed by atoms with van der Waals surface area (Å²) >= 11 is 0. The molecule has 1 radical (unpaired) electrons. The fraction of sp³-hybridized carbons (Fsp3) is 0.833. The van der Waals surface area contributed by atoms with Crippen LogP contribution in [0.2, 0.25) is 0 Å². The van der Waals surface area contributed by atoms with E-state index in [1.54, 1.807) is 0 Å². The van der Waals surface area contributed by atoms with Gasteiger partial charge in [-0.2, -0.15) is 0 Å². The van der Waals surface area contributed by atoms with E-state index in [1.165, 1.54) is 0 Å². The van der Waals surface area contributed by atoms with Crippen LogP contribution in [0.1, 0.15) is 6.42 Å². The lowest BCUT2D eigenvalue weighted by Crippen LogP contribution is -2.27. The second-order valence-electron chi connectivity index (χ2n) is 2.23. The van der Waals surface area contributed by atoms with Crippen LogP contribution in [0.15, 0.2) is 0 Å². The molecule has 11 heavy (non-hydrogen) atoms. The average Bonchev–Trinajstić information content (AvgIpc) is 2.02. The van der Waals surface area contributed by atoms with E-state index in [1.807, 2.05) is 0 Å². The van der Waals surface area contributed by atoms with Gasteiger partial charge in [-0.05, 0) is 0 Å². The lowest BCUT2D eigenvalue weighted by atomic mass is 10.1. The minimum absolute atomic E-state index is 0.224. The Morgan fingerprint density at radius 3 is 2.00 bits per heavy atom. The molecule has 67 valence electrons. The van der Waals surface area contributed by atoms with Crippen molar-refractivity contribution in [1.82, 2.24) is 0 Å². The van der Waals surface area contributed by atoms with Gasteiger partial charge >= 0.3 is 0 Å². The zero-order valence-electron chi connectivity index (χ0n) is 6.01. The van der Waals surface area contributed by atoms with Crippen molar-refractivity contribution in [2.24, 2.45) is 0 Å². The van der Waals surface area contributed by atoms with E-state index < -0.39 is 31.5 Å². The van der Waals surface area contributed by atoms with Crippen molar-refractivity contribution in [3.8, 4) is 0 Å². The summed E-state index contributed by atoms with van der Waals surface area (Å²) in [7, 11) is 0. The molecule has 0 saturated carbocycles. The van der Waals surface area contributed by atoms with Crippen molar-refractivity contribution in [1.29, 1.82) is 0 Å². The molecule has 2 atom stereocenters. The summed E-state index contributed by atoms with van der Waals surface area (Å²) in [5.74, 6) is 0. The predicted molar refractivity (Wildman–Crippen MR) is 36.0 cm³/mol. The molecule has 0 amide bonds. The Labute approximate surface area is 64.5 Å². The first-order valence-electron chi connectivity index (χ1n) is 3.24. The van der Waals surface area contributed by atoms with Crippen molar-refractivity contribution in [3.05, 3.63) is 6.10 Å². The van der Waals surface area contributed by atoms with Crippen LogP contribution in [0.4, 0.5) is 0 Å². The van der Waals surface area contributed by atoms with Crippen LogP contribution >= 0.6 is 0 Å². The highest BCUT2D eigenvalue weighted by Gasteiger charge is 2.19. The largest absolute Gasteiger partial charge is 0.394 e. The monoisotopic (exact) mass is 165 g/mol. The molecule has 0 aliphatic heterocycles. The van der Waals surface area contributed by atoms with Gasteiger partial charge in [-0.3, -0.25) is 0 Å². The van der Waals surface area contributed by atoms with Crippen LogP contribution in [-0.2, 0) is 0 Å². The van der Waals surface area contributed by atoms with Gasteiger partial charge in [0.1, 0.15) is 12.2 Å². The zero-order chi connectivity index (χ0) is 8.85. The number of aliphatic hydroxyl groups is 5. The van der Waals surface area contributed by atoms with Crippen molar-refractivity contribution < 1.29 is 25.5 Å². The molecule has 0 aromatic carbocycles. The lowest BCUT2D eigenvalue weighted by molar-refractivity contribution is 0.0131. The van der Waals surface area contributed by atoms with Gasteiger partial charge in [-0.1, -0.05) is 0 Å². The summed E-state index contributed by atoms with van der Waals surface area (Å²) < 4.78 is 0. The van der Waals surface area contributed by atoms with Gasteiger partial charge in [0.15, 0.2) is 0 Å². The van der Waals surface area contributed by atoms with E-state index in [-0.39, 0.29) is 6.42 Å². The minimum atomic E-state index is -1.34. The van der Waals surface area contributed by atoms with Crippen LogP contribution in [-0.4, -0.2) is 51.0 Å². The Morgan fingerprint density at radius 1 is 1.09 bits per heavy atom. The number of rotatable bonds is 5. The van der Waals surface area contributed by atoms with Crippen LogP contribution in [0, 0.1) is 6.10 Å². The van der Waals surface area contributed by atoms with E-state index in [9.17, 15) is 0 Å². The van der Waals surface area contributed by atoms with Crippen molar-refractivity contribution in [3.63, 3.8) is 0 Å². The molecule has 0 rings (SSSR count). The molecule has 5 heteroatoms. The van der Waals surface area contributed by atoms with Crippen molar-refractivity contribution >= 4 is 0 Å². The van der Waals surface area contributed by atoms with Gasteiger partial charge in [0.05, 0.1) is 19.3 Å². The Balaban J connectivity index is 3.58. The Bertz CT molecular complexity index is 97.0. The first-order valence-corrected chi connectivity index (χ1v) is 3.24. The normalized spacial score (nSPS) is 16.9. The standard InChI is InChI=1S/C6H13O5/c7-2-4(9)1-5(10)6(11)3-8/h4,6-11H,1-3H2. The highest BCUT2D eigenvalue weighted by atomic mass is 16.4. The molecule has 5 nitrogen and oxygen atoms in total. The second kappa shape index (κ2) is 5.45. The molecule has 5 N–H and O–H groups in total. The van der Waals surface area contributed by atoms with E-state index in [0.717, 1.165) is 0 Å². The number of aliphatic hydroxyl groups excluding tert-OH is 5. The first-order chi connectivity index (χ1) is 5.11. The summed E-state index contributed by atoms with van der Waals surface area (Å²) in [6.45, 7) is -1.08. The Kier molecular flexibility index (Phi) is 5.35. The van der Waals surface area contributed by atoms with Crippen LogP contribution in [0.25, 0.3) is 0 Å². The quantitative estimate of drug-likeness (QED) is 0.324. The van der Waals surface area contributed by atoms with Crippen LogP contribution in [0.3, 0.4) is 0 Å². The first kappa shape index (κ1) is 10.8. The summed E-state index contributed by atoms with van der Waals surface area (Å²) in [6, 6.07) is 0. The summed E-state index contributed by atoms with van der Waals surface area (Å²) in [6.07, 6.45) is -3.07. The molecule has 0 bridgehead atoms. The SMILES string of the molecule is OCC(O)C[C](O)C(O)CO. The van der Waals surface area contributed by atoms with E-state index in [0.29, 0.717) is 0 Å². The third kappa shape index (κ3) is 4.28. The molecule has 0 saturated heterocycles. The third-order valence-corrected chi connectivity index (χ3v) is 1.21. The smallest absolute Gasteiger partial charge is 0.127 e. The number of hydrogen-bond donors (Lipinski definition) is 5. The van der Waals surface area contributed by atoms with Gasteiger partial charge in [0, 0.05) is 6.42 Å². The maximum absolute atomic E-state index is 8.85. The molecular formula is C6H13O5. The maximum atomic E-state index is 8.85. The molecule has 0 heterocycles. The minimum Gasteiger partial charge on any atom is -0.394 e. The highest BCUT2D eigenvalue weighted by molar-refractivity contribution is 4.86.